The van der Waals surface area contributed by atoms with Gasteiger partial charge in [0.25, 0.3) is 0 Å². The zero-order valence-corrected chi connectivity index (χ0v) is 20.4. The molecular formula is C22H41IO6. The fraction of sp³-hybridized carbons (Fsp3) is 1.00. The van der Waals surface area contributed by atoms with Gasteiger partial charge in [-0.3, -0.25) is 0 Å². The number of rotatable bonds is 1. The van der Waals surface area contributed by atoms with Crippen LogP contribution in [0.1, 0.15) is 103 Å². The highest BCUT2D eigenvalue weighted by Gasteiger charge is 2.37. The Morgan fingerprint density at radius 3 is 1.59 bits per heavy atom. The highest BCUT2D eigenvalue weighted by molar-refractivity contribution is 14.1. The van der Waals surface area contributed by atoms with Gasteiger partial charge in [-0.25, -0.2) is 19.6 Å². The van der Waals surface area contributed by atoms with E-state index in [9.17, 15) is 0 Å². The van der Waals surface area contributed by atoms with Crippen molar-refractivity contribution >= 4 is 22.6 Å². The summed E-state index contributed by atoms with van der Waals surface area (Å²) in [5.74, 6) is -0.841. The summed E-state index contributed by atoms with van der Waals surface area (Å²) in [6.45, 7) is 3.43. The largest absolute Gasteiger partial charge is 0.236 e. The average Bonchev–Trinajstić information content (AvgIpc) is 2.72. The molecule has 1 spiro atoms. The highest BCUT2D eigenvalue weighted by atomic mass is 127. The van der Waals surface area contributed by atoms with Crippen LogP contribution in [0.4, 0.5) is 0 Å². The Hall–Kier alpha value is 0.490. The topological polar surface area (TPSA) is 55.4 Å². The zero-order chi connectivity index (χ0) is 20.7. The lowest BCUT2D eigenvalue weighted by molar-refractivity contribution is -0.522. The number of hydrogen-bond donors (Lipinski definition) is 0. The minimum Gasteiger partial charge on any atom is -0.236 e. The first-order chi connectivity index (χ1) is 14.2. The van der Waals surface area contributed by atoms with E-state index in [1.54, 1.807) is 0 Å². The molecule has 0 aromatic carbocycles. The van der Waals surface area contributed by atoms with Crippen molar-refractivity contribution in [2.24, 2.45) is 0 Å². The molecular weight excluding hydrogens is 487 g/mol. The first-order valence-electron chi connectivity index (χ1n) is 11.7. The van der Waals surface area contributed by atoms with Gasteiger partial charge in [-0.1, -0.05) is 80.4 Å². The van der Waals surface area contributed by atoms with E-state index in [4.69, 9.17) is 29.3 Å². The molecule has 0 aromatic rings. The molecule has 1 atom stereocenters. The monoisotopic (exact) mass is 528 g/mol. The first-order valence-corrected chi connectivity index (χ1v) is 13.2. The SMILES string of the molecule is CC1(CI)COOC2(CCCCCCCCCCC2)OOCCCCCCOO1. The molecule has 172 valence electrons. The number of hydrogen-bond acceptors (Lipinski definition) is 6. The second-order valence-corrected chi connectivity index (χ2v) is 9.51. The molecule has 0 bridgehead atoms. The maximum Gasteiger partial charge on any atom is 0.233 e. The first kappa shape index (κ1) is 25.7. The van der Waals surface area contributed by atoms with Crippen molar-refractivity contribution in [2.75, 3.05) is 24.2 Å². The summed E-state index contributed by atoms with van der Waals surface area (Å²) in [7, 11) is 0. The van der Waals surface area contributed by atoms with Crippen molar-refractivity contribution in [3.63, 3.8) is 0 Å². The highest BCUT2D eigenvalue weighted by Crippen LogP contribution is 2.31. The second-order valence-electron chi connectivity index (χ2n) is 8.75. The van der Waals surface area contributed by atoms with Crippen molar-refractivity contribution in [3.8, 4) is 0 Å². The molecule has 1 saturated heterocycles. The lowest BCUT2D eigenvalue weighted by Gasteiger charge is -2.33. The molecule has 2 fully saturated rings. The average molecular weight is 528 g/mol. The molecule has 29 heavy (non-hydrogen) atoms. The standard InChI is InChI=1S/C22H41IO6/c1-21(19-23)20-26-29-22(28-25-18-14-10-9-13-17-24-27-21)15-11-7-5-3-2-4-6-8-12-16-22/h2-20H2,1H3. The molecule has 6 nitrogen and oxygen atoms in total. The Kier molecular flexibility index (Phi) is 13.6. The van der Waals surface area contributed by atoms with Crippen LogP contribution in [0.15, 0.2) is 0 Å². The van der Waals surface area contributed by atoms with Crippen LogP contribution in [0.2, 0.25) is 0 Å². The Balaban J connectivity index is 2.01. The third-order valence-corrected chi connectivity index (χ3v) is 7.26. The van der Waals surface area contributed by atoms with Crippen molar-refractivity contribution in [1.82, 2.24) is 0 Å². The quantitative estimate of drug-likeness (QED) is 0.217. The molecule has 1 heterocycles. The van der Waals surface area contributed by atoms with Crippen LogP contribution in [0.25, 0.3) is 0 Å². The molecule has 7 heteroatoms. The van der Waals surface area contributed by atoms with Crippen molar-refractivity contribution in [3.05, 3.63) is 0 Å². The van der Waals surface area contributed by atoms with E-state index in [1.165, 1.54) is 44.9 Å². The van der Waals surface area contributed by atoms with E-state index < -0.39 is 11.4 Å². The lowest BCUT2D eigenvalue weighted by atomic mass is 9.97. The minimum absolute atomic E-state index is 0.279. The molecule has 1 aliphatic carbocycles. The predicted octanol–water partition coefficient (Wildman–Crippen LogP) is 6.60. The van der Waals surface area contributed by atoms with E-state index in [0.29, 0.717) is 13.2 Å². The Bertz CT molecular complexity index is 399. The van der Waals surface area contributed by atoms with Crippen molar-refractivity contribution in [2.45, 2.75) is 115 Å². The van der Waals surface area contributed by atoms with E-state index in [0.717, 1.165) is 55.8 Å². The Morgan fingerprint density at radius 1 is 0.586 bits per heavy atom. The molecule has 1 aliphatic heterocycles. The summed E-state index contributed by atoms with van der Waals surface area (Å²) in [6.07, 6.45) is 16.7. The van der Waals surface area contributed by atoms with Gasteiger partial charge in [0.05, 0.1) is 13.2 Å². The van der Waals surface area contributed by atoms with Gasteiger partial charge in [0.1, 0.15) is 12.2 Å². The lowest BCUT2D eigenvalue weighted by Crippen LogP contribution is -2.41. The Morgan fingerprint density at radius 2 is 1.03 bits per heavy atom. The summed E-state index contributed by atoms with van der Waals surface area (Å²) in [6, 6.07) is 0. The van der Waals surface area contributed by atoms with Crippen LogP contribution >= 0.6 is 22.6 Å². The van der Waals surface area contributed by atoms with Crippen LogP contribution in [0.5, 0.6) is 0 Å². The van der Waals surface area contributed by atoms with E-state index in [-0.39, 0.29) is 6.61 Å². The van der Waals surface area contributed by atoms with Crippen LogP contribution < -0.4 is 0 Å². The third-order valence-electron chi connectivity index (χ3n) is 5.65. The van der Waals surface area contributed by atoms with Gasteiger partial charge in [0, 0.05) is 17.3 Å². The van der Waals surface area contributed by atoms with Crippen LogP contribution in [0.3, 0.4) is 0 Å². The molecule has 0 radical (unpaired) electrons. The van der Waals surface area contributed by atoms with E-state index in [2.05, 4.69) is 22.6 Å². The summed E-state index contributed by atoms with van der Waals surface area (Å²) >= 11 is 2.29. The molecule has 0 aromatic heterocycles. The zero-order valence-electron chi connectivity index (χ0n) is 18.3. The summed E-state index contributed by atoms with van der Waals surface area (Å²) in [5, 5.41) is 0. The maximum absolute atomic E-state index is 5.96. The second kappa shape index (κ2) is 15.3. The smallest absolute Gasteiger partial charge is 0.233 e. The summed E-state index contributed by atoms with van der Waals surface area (Å²) in [4.78, 5) is 34.3. The van der Waals surface area contributed by atoms with Gasteiger partial charge < -0.3 is 0 Å². The van der Waals surface area contributed by atoms with Crippen LogP contribution in [-0.2, 0) is 29.3 Å². The number of halogens is 1. The summed E-state index contributed by atoms with van der Waals surface area (Å²) in [5.41, 5.74) is -0.561. The fourth-order valence-electron chi connectivity index (χ4n) is 3.69. The maximum atomic E-state index is 5.96. The van der Waals surface area contributed by atoms with Crippen molar-refractivity contribution < 1.29 is 29.3 Å². The van der Waals surface area contributed by atoms with Gasteiger partial charge in [-0.2, -0.15) is 9.78 Å². The molecule has 1 unspecified atom stereocenters. The summed E-state index contributed by atoms with van der Waals surface area (Å²) < 4.78 is 0.735. The molecule has 0 N–H and O–H groups in total. The van der Waals surface area contributed by atoms with Crippen LogP contribution in [-0.4, -0.2) is 35.6 Å². The minimum atomic E-state index is -0.841. The van der Waals surface area contributed by atoms with Gasteiger partial charge in [0.2, 0.25) is 5.79 Å². The third kappa shape index (κ3) is 11.1. The van der Waals surface area contributed by atoms with Crippen LogP contribution in [0, 0.1) is 0 Å². The van der Waals surface area contributed by atoms with Gasteiger partial charge in [-0.15, -0.1) is 0 Å². The molecule has 2 aliphatic rings. The Labute approximate surface area is 190 Å². The van der Waals surface area contributed by atoms with Crippen molar-refractivity contribution in [1.29, 1.82) is 0 Å². The number of alkyl halides is 1. The van der Waals surface area contributed by atoms with E-state index >= 15 is 0 Å². The normalized spacial score (nSPS) is 30.4. The van der Waals surface area contributed by atoms with Gasteiger partial charge in [-0.05, 0) is 32.6 Å². The fourth-order valence-corrected chi connectivity index (χ4v) is 4.03. The molecule has 2 rings (SSSR count). The van der Waals surface area contributed by atoms with Gasteiger partial charge >= 0.3 is 0 Å². The van der Waals surface area contributed by atoms with Gasteiger partial charge in [0.15, 0.2) is 0 Å². The molecule has 0 amide bonds. The van der Waals surface area contributed by atoms with E-state index in [1.807, 2.05) is 6.92 Å². The molecule has 1 saturated carbocycles. The predicted molar refractivity (Wildman–Crippen MR) is 120 cm³/mol.